The second-order valence-electron chi connectivity index (χ2n) is 6.73. The van der Waals surface area contributed by atoms with Crippen molar-refractivity contribution in [3.63, 3.8) is 0 Å². The minimum Gasteiger partial charge on any atom is -0.493 e. The highest BCUT2D eigenvalue weighted by molar-refractivity contribution is 5.92. The Hall–Kier alpha value is -3.86. The zero-order chi connectivity index (χ0) is 19.5. The second kappa shape index (κ2) is 7.64. The highest BCUT2D eigenvalue weighted by atomic mass is 16.5. The molecule has 5 aromatic rings. The van der Waals surface area contributed by atoms with Crippen molar-refractivity contribution < 1.29 is 4.74 Å². The molecule has 0 amide bonds. The van der Waals surface area contributed by atoms with Crippen LogP contribution >= 0.6 is 0 Å². The first-order valence-electron chi connectivity index (χ1n) is 9.49. The molecule has 0 spiro atoms. The van der Waals surface area contributed by atoms with Gasteiger partial charge in [-0.15, -0.1) is 0 Å². The summed E-state index contributed by atoms with van der Waals surface area (Å²) < 4.78 is 6.01. The van der Waals surface area contributed by atoms with Crippen molar-refractivity contribution in [3.05, 3.63) is 91.1 Å². The fourth-order valence-corrected chi connectivity index (χ4v) is 3.39. The van der Waals surface area contributed by atoms with Crippen LogP contribution in [0.2, 0.25) is 0 Å². The first kappa shape index (κ1) is 17.3. The van der Waals surface area contributed by atoms with Crippen molar-refractivity contribution >= 4 is 21.8 Å². The standard InChI is InChI=1S/C24H18N4O/c1-2-4-22-17(3-1)5-6-19(28-22)11-14-29-20-7-8-23-21(15-20)24(27-16-26-23)18-9-12-25-13-10-18/h1-10,12-13,15-16H,11,14H2. The lowest BCUT2D eigenvalue weighted by Gasteiger charge is -2.09. The van der Waals surface area contributed by atoms with Gasteiger partial charge in [0.25, 0.3) is 0 Å². The summed E-state index contributed by atoms with van der Waals surface area (Å²) in [6, 6.07) is 22.1. The Labute approximate surface area is 168 Å². The second-order valence-corrected chi connectivity index (χ2v) is 6.73. The van der Waals surface area contributed by atoms with E-state index in [1.807, 2.05) is 48.5 Å². The topological polar surface area (TPSA) is 60.8 Å². The molecular formula is C24H18N4O. The van der Waals surface area contributed by atoms with E-state index in [4.69, 9.17) is 9.72 Å². The van der Waals surface area contributed by atoms with Crippen molar-refractivity contribution in [2.75, 3.05) is 6.61 Å². The van der Waals surface area contributed by atoms with Crippen molar-refractivity contribution in [2.45, 2.75) is 6.42 Å². The molecule has 0 aliphatic heterocycles. The van der Waals surface area contributed by atoms with E-state index in [1.54, 1.807) is 18.7 Å². The van der Waals surface area contributed by atoms with Gasteiger partial charge in [0.1, 0.15) is 12.1 Å². The highest BCUT2D eigenvalue weighted by Crippen LogP contribution is 2.28. The Morgan fingerprint density at radius 3 is 2.62 bits per heavy atom. The van der Waals surface area contributed by atoms with E-state index in [9.17, 15) is 0 Å². The van der Waals surface area contributed by atoms with Crippen LogP contribution in [-0.2, 0) is 6.42 Å². The summed E-state index contributed by atoms with van der Waals surface area (Å²) >= 11 is 0. The molecule has 5 nitrogen and oxygen atoms in total. The number of hydrogen-bond donors (Lipinski definition) is 0. The average molecular weight is 378 g/mol. The molecule has 3 aromatic heterocycles. The third-order valence-corrected chi connectivity index (χ3v) is 4.84. The van der Waals surface area contributed by atoms with Crippen molar-refractivity contribution in [1.29, 1.82) is 0 Å². The number of ether oxygens (including phenoxy) is 1. The molecule has 0 fully saturated rings. The lowest BCUT2D eigenvalue weighted by Crippen LogP contribution is -2.03. The van der Waals surface area contributed by atoms with E-state index >= 15 is 0 Å². The van der Waals surface area contributed by atoms with Crippen LogP contribution in [0.15, 0.2) is 85.5 Å². The molecule has 0 saturated carbocycles. The quantitative estimate of drug-likeness (QED) is 0.437. The number of para-hydroxylation sites is 1. The van der Waals surface area contributed by atoms with Gasteiger partial charge in [0.15, 0.2) is 0 Å². The molecule has 0 atom stereocenters. The molecule has 0 N–H and O–H groups in total. The molecule has 2 aromatic carbocycles. The zero-order valence-corrected chi connectivity index (χ0v) is 15.7. The Balaban J connectivity index is 1.36. The van der Waals surface area contributed by atoms with Gasteiger partial charge in [-0.2, -0.15) is 0 Å². The van der Waals surface area contributed by atoms with E-state index in [0.717, 1.165) is 50.9 Å². The Kier molecular flexibility index (Phi) is 4.54. The SMILES string of the molecule is c1ccc2nc(CCOc3ccc4ncnc(-c5ccncc5)c4c3)ccc2c1. The number of pyridine rings is 2. The van der Waals surface area contributed by atoms with Crippen LogP contribution in [0.1, 0.15) is 5.69 Å². The molecule has 0 aliphatic rings. The third-order valence-electron chi connectivity index (χ3n) is 4.84. The van der Waals surface area contributed by atoms with Gasteiger partial charge < -0.3 is 4.74 Å². The molecule has 5 heteroatoms. The summed E-state index contributed by atoms with van der Waals surface area (Å²) in [5, 5.41) is 2.11. The number of nitrogens with zero attached hydrogens (tertiary/aromatic N) is 4. The Morgan fingerprint density at radius 2 is 1.69 bits per heavy atom. The van der Waals surface area contributed by atoms with Gasteiger partial charge in [-0.1, -0.05) is 24.3 Å². The Bertz CT molecular complexity index is 1290. The van der Waals surface area contributed by atoms with E-state index in [0.29, 0.717) is 6.61 Å². The molecule has 0 bridgehead atoms. The monoisotopic (exact) mass is 378 g/mol. The molecule has 3 heterocycles. The largest absolute Gasteiger partial charge is 0.493 e. The maximum atomic E-state index is 6.01. The number of fused-ring (bicyclic) bond motifs is 2. The number of benzene rings is 2. The molecule has 0 aliphatic carbocycles. The van der Waals surface area contributed by atoms with Gasteiger partial charge in [-0.25, -0.2) is 9.97 Å². The Morgan fingerprint density at radius 1 is 0.793 bits per heavy atom. The fraction of sp³-hybridized carbons (Fsp3) is 0.0833. The van der Waals surface area contributed by atoms with E-state index in [1.165, 1.54) is 0 Å². The van der Waals surface area contributed by atoms with Gasteiger partial charge in [0.2, 0.25) is 0 Å². The maximum absolute atomic E-state index is 6.01. The summed E-state index contributed by atoms with van der Waals surface area (Å²) in [5.41, 5.74) is 4.79. The molecule has 29 heavy (non-hydrogen) atoms. The zero-order valence-electron chi connectivity index (χ0n) is 15.7. The summed E-state index contributed by atoms with van der Waals surface area (Å²) in [7, 11) is 0. The predicted molar refractivity (Wildman–Crippen MR) is 114 cm³/mol. The smallest absolute Gasteiger partial charge is 0.120 e. The summed E-state index contributed by atoms with van der Waals surface area (Å²) in [6.45, 7) is 0.551. The van der Waals surface area contributed by atoms with E-state index < -0.39 is 0 Å². The molecule has 5 rings (SSSR count). The van der Waals surface area contributed by atoms with Crippen LogP contribution in [0.25, 0.3) is 33.1 Å². The van der Waals surface area contributed by atoms with Gasteiger partial charge in [-0.05, 0) is 42.5 Å². The first-order chi connectivity index (χ1) is 14.4. The van der Waals surface area contributed by atoms with Crippen LogP contribution < -0.4 is 4.74 Å². The van der Waals surface area contributed by atoms with E-state index in [-0.39, 0.29) is 0 Å². The van der Waals surface area contributed by atoms with Crippen LogP contribution in [0.5, 0.6) is 5.75 Å². The third kappa shape index (κ3) is 3.62. The highest BCUT2D eigenvalue weighted by Gasteiger charge is 2.08. The van der Waals surface area contributed by atoms with Crippen LogP contribution in [0, 0.1) is 0 Å². The average Bonchev–Trinajstić information content (AvgIpc) is 2.79. The first-order valence-corrected chi connectivity index (χ1v) is 9.49. The van der Waals surface area contributed by atoms with E-state index in [2.05, 4.69) is 33.2 Å². The molecule has 0 saturated heterocycles. The van der Waals surface area contributed by atoms with Gasteiger partial charge in [0, 0.05) is 40.8 Å². The molecular weight excluding hydrogens is 360 g/mol. The normalized spacial score (nSPS) is 11.0. The van der Waals surface area contributed by atoms with Crippen LogP contribution in [0.4, 0.5) is 0 Å². The minimum atomic E-state index is 0.551. The van der Waals surface area contributed by atoms with Crippen LogP contribution in [-0.4, -0.2) is 26.5 Å². The van der Waals surface area contributed by atoms with Gasteiger partial charge in [-0.3, -0.25) is 9.97 Å². The number of hydrogen-bond acceptors (Lipinski definition) is 5. The molecule has 0 unspecified atom stereocenters. The summed E-state index contributed by atoms with van der Waals surface area (Å²) in [4.78, 5) is 17.6. The fourth-order valence-electron chi connectivity index (χ4n) is 3.39. The van der Waals surface area contributed by atoms with Crippen molar-refractivity contribution in [3.8, 4) is 17.0 Å². The summed E-state index contributed by atoms with van der Waals surface area (Å²) in [5.74, 6) is 0.795. The minimum absolute atomic E-state index is 0.551. The number of aromatic nitrogens is 4. The van der Waals surface area contributed by atoms with Gasteiger partial charge >= 0.3 is 0 Å². The lowest BCUT2D eigenvalue weighted by atomic mass is 10.1. The van der Waals surface area contributed by atoms with Crippen molar-refractivity contribution in [1.82, 2.24) is 19.9 Å². The molecule has 140 valence electrons. The lowest BCUT2D eigenvalue weighted by molar-refractivity contribution is 0.321. The molecule has 0 radical (unpaired) electrons. The maximum Gasteiger partial charge on any atom is 0.120 e. The van der Waals surface area contributed by atoms with Crippen molar-refractivity contribution in [2.24, 2.45) is 0 Å². The van der Waals surface area contributed by atoms with Gasteiger partial charge in [0.05, 0.1) is 23.3 Å². The van der Waals surface area contributed by atoms with Crippen LogP contribution in [0.3, 0.4) is 0 Å². The summed E-state index contributed by atoms with van der Waals surface area (Å²) in [6.07, 6.45) is 5.86. The predicted octanol–water partition coefficient (Wildman–Crippen LogP) is 4.86. The number of rotatable bonds is 5.